The van der Waals surface area contributed by atoms with Crippen molar-refractivity contribution in [3.63, 3.8) is 0 Å². The van der Waals surface area contributed by atoms with Crippen molar-refractivity contribution >= 4 is 0 Å². The van der Waals surface area contributed by atoms with Crippen molar-refractivity contribution < 1.29 is 4.74 Å². The van der Waals surface area contributed by atoms with E-state index in [0.29, 0.717) is 12.1 Å². The summed E-state index contributed by atoms with van der Waals surface area (Å²) in [7, 11) is 2.03. The lowest BCUT2D eigenvalue weighted by Crippen LogP contribution is -2.34. The summed E-state index contributed by atoms with van der Waals surface area (Å²) in [4.78, 5) is 0. The summed E-state index contributed by atoms with van der Waals surface area (Å²) in [6.07, 6.45) is 2.95. The molecule has 0 saturated heterocycles. The predicted molar refractivity (Wildman–Crippen MR) is 71.1 cm³/mol. The van der Waals surface area contributed by atoms with E-state index in [1.165, 1.54) is 24.0 Å². The molecule has 0 amide bonds. The molecule has 0 bridgehead atoms. The van der Waals surface area contributed by atoms with Gasteiger partial charge in [-0.25, -0.2) is 0 Å². The van der Waals surface area contributed by atoms with Gasteiger partial charge in [0.2, 0.25) is 0 Å². The highest BCUT2D eigenvalue weighted by Crippen LogP contribution is 2.40. The molecule has 1 N–H and O–H groups in total. The number of aryl methyl sites for hydroxylation is 1. The highest BCUT2D eigenvalue weighted by Gasteiger charge is 2.37. The first-order valence-electron chi connectivity index (χ1n) is 6.62. The summed E-state index contributed by atoms with van der Waals surface area (Å²) in [5.74, 6) is 0.743. The van der Waals surface area contributed by atoms with Gasteiger partial charge in [-0.05, 0) is 50.8 Å². The molecule has 1 fully saturated rings. The summed E-state index contributed by atoms with van der Waals surface area (Å²) in [6.45, 7) is 5.06. The van der Waals surface area contributed by atoms with Crippen LogP contribution in [0.25, 0.3) is 0 Å². The molecule has 0 aliphatic heterocycles. The Kier molecular flexibility index (Phi) is 4.19. The number of hydrogen-bond acceptors (Lipinski definition) is 2. The lowest BCUT2D eigenvalue weighted by atomic mass is 9.94. The van der Waals surface area contributed by atoms with Crippen LogP contribution < -0.4 is 5.32 Å². The van der Waals surface area contributed by atoms with Gasteiger partial charge in [0, 0.05) is 6.61 Å². The van der Waals surface area contributed by atoms with E-state index in [1.54, 1.807) is 0 Å². The number of hydrogen-bond donors (Lipinski definition) is 1. The van der Waals surface area contributed by atoms with Gasteiger partial charge < -0.3 is 10.1 Å². The van der Waals surface area contributed by atoms with Crippen LogP contribution in [0.15, 0.2) is 24.3 Å². The number of likely N-dealkylation sites (N-methyl/N-ethyl adjacent to an activating group) is 1. The summed E-state index contributed by atoms with van der Waals surface area (Å²) in [6, 6.07) is 8.92. The summed E-state index contributed by atoms with van der Waals surface area (Å²) in [5, 5.41) is 3.44. The molecule has 94 valence electrons. The van der Waals surface area contributed by atoms with Gasteiger partial charge in [0.05, 0.1) is 12.1 Å². The first kappa shape index (κ1) is 12.6. The maximum Gasteiger partial charge on any atom is 0.0797 e. The lowest BCUT2D eigenvalue weighted by Gasteiger charge is -2.28. The Morgan fingerprint density at radius 1 is 1.35 bits per heavy atom. The van der Waals surface area contributed by atoms with Gasteiger partial charge in [-0.1, -0.05) is 24.3 Å². The first-order chi connectivity index (χ1) is 8.27. The van der Waals surface area contributed by atoms with E-state index in [4.69, 9.17) is 4.74 Å². The Balaban J connectivity index is 2.21. The maximum absolute atomic E-state index is 5.97. The van der Waals surface area contributed by atoms with Crippen LogP contribution in [0.4, 0.5) is 0 Å². The molecule has 1 aliphatic rings. The van der Waals surface area contributed by atoms with Crippen LogP contribution in [0, 0.1) is 12.8 Å². The highest BCUT2D eigenvalue weighted by atomic mass is 16.5. The fraction of sp³-hybridized carbons (Fsp3) is 0.600. The summed E-state index contributed by atoms with van der Waals surface area (Å²) >= 11 is 0. The third-order valence-corrected chi connectivity index (χ3v) is 3.61. The minimum Gasteiger partial charge on any atom is -0.376 e. The van der Waals surface area contributed by atoms with Crippen molar-refractivity contribution in [3.8, 4) is 0 Å². The smallest absolute Gasteiger partial charge is 0.0797 e. The molecular formula is C15H23NO. The Bertz CT molecular complexity index is 360. The Morgan fingerprint density at radius 3 is 2.59 bits per heavy atom. The molecule has 1 aliphatic carbocycles. The Hall–Kier alpha value is -0.860. The highest BCUT2D eigenvalue weighted by molar-refractivity contribution is 5.30. The van der Waals surface area contributed by atoms with Gasteiger partial charge in [0.1, 0.15) is 0 Å². The minimum atomic E-state index is 0.323. The second-order valence-corrected chi connectivity index (χ2v) is 4.88. The van der Waals surface area contributed by atoms with E-state index in [1.807, 2.05) is 7.05 Å². The minimum absolute atomic E-state index is 0.323. The first-order valence-corrected chi connectivity index (χ1v) is 6.62. The second kappa shape index (κ2) is 5.65. The van der Waals surface area contributed by atoms with Crippen LogP contribution in [-0.4, -0.2) is 19.8 Å². The van der Waals surface area contributed by atoms with Gasteiger partial charge in [-0.15, -0.1) is 0 Å². The van der Waals surface area contributed by atoms with E-state index in [-0.39, 0.29) is 0 Å². The fourth-order valence-corrected chi connectivity index (χ4v) is 2.55. The second-order valence-electron chi connectivity index (χ2n) is 4.88. The predicted octanol–water partition coefficient (Wildman–Crippen LogP) is 3.07. The molecule has 1 aromatic carbocycles. The average Bonchev–Trinajstić information content (AvgIpc) is 3.15. The number of benzene rings is 1. The molecule has 2 atom stereocenters. The fourth-order valence-electron chi connectivity index (χ4n) is 2.55. The zero-order valence-corrected chi connectivity index (χ0v) is 11.1. The third kappa shape index (κ3) is 2.88. The number of ether oxygens (including phenoxy) is 1. The van der Waals surface area contributed by atoms with Crippen molar-refractivity contribution in [2.75, 3.05) is 13.7 Å². The molecule has 17 heavy (non-hydrogen) atoms. The van der Waals surface area contributed by atoms with E-state index >= 15 is 0 Å². The molecule has 0 aromatic heterocycles. The standard InChI is InChI=1S/C15H23NO/c1-4-17-15(12-9-10-12)14(16-3)13-8-6-5-7-11(13)2/h5-8,12,14-16H,4,9-10H2,1-3H3. The average molecular weight is 233 g/mol. The van der Waals surface area contributed by atoms with Crippen molar-refractivity contribution in [2.45, 2.75) is 38.8 Å². The molecule has 0 radical (unpaired) electrons. The van der Waals surface area contributed by atoms with Crippen LogP contribution in [0.1, 0.15) is 36.9 Å². The summed E-state index contributed by atoms with van der Waals surface area (Å²) in [5.41, 5.74) is 2.72. The molecular weight excluding hydrogens is 210 g/mol. The lowest BCUT2D eigenvalue weighted by molar-refractivity contribution is 0.0203. The van der Waals surface area contributed by atoms with Crippen molar-refractivity contribution in [1.29, 1.82) is 0 Å². The number of rotatable bonds is 6. The van der Waals surface area contributed by atoms with Gasteiger partial charge in [0.25, 0.3) is 0 Å². The molecule has 1 saturated carbocycles. The van der Waals surface area contributed by atoms with E-state index < -0.39 is 0 Å². The summed E-state index contributed by atoms with van der Waals surface area (Å²) < 4.78 is 5.97. The Labute approximate surface area is 104 Å². The molecule has 2 heteroatoms. The monoisotopic (exact) mass is 233 g/mol. The normalized spacial score (nSPS) is 19.0. The van der Waals surface area contributed by atoms with Gasteiger partial charge in [-0.2, -0.15) is 0 Å². The van der Waals surface area contributed by atoms with Gasteiger partial charge in [0.15, 0.2) is 0 Å². The van der Waals surface area contributed by atoms with Crippen LogP contribution in [0.2, 0.25) is 0 Å². The van der Waals surface area contributed by atoms with E-state index in [0.717, 1.165) is 12.5 Å². The largest absolute Gasteiger partial charge is 0.376 e. The van der Waals surface area contributed by atoms with Crippen molar-refractivity contribution in [2.24, 2.45) is 5.92 Å². The van der Waals surface area contributed by atoms with E-state index in [2.05, 4.69) is 43.4 Å². The van der Waals surface area contributed by atoms with Gasteiger partial charge in [-0.3, -0.25) is 0 Å². The molecule has 2 nitrogen and oxygen atoms in total. The molecule has 0 heterocycles. The van der Waals surface area contributed by atoms with Crippen LogP contribution in [-0.2, 0) is 4.74 Å². The van der Waals surface area contributed by atoms with Crippen molar-refractivity contribution in [3.05, 3.63) is 35.4 Å². The van der Waals surface area contributed by atoms with Crippen LogP contribution in [0.5, 0.6) is 0 Å². The van der Waals surface area contributed by atoms with Crippen LogP contribution >= 0.6 is 0 Å². The third-order valence-electron chi connectivity index (χ3n) is 3.61. The molecule has 2 rings (SSSR count). The van der Waals surface area contributed by atoms with Gasteiger partial charge >= 0.3 is 0 Å². The maximum atomic E-state index is 5.97. The van der Waals surface area contributed by atoms with Crippen molar-refractivity contribution in [1.82, 2.24) is 5.32 Å². The van der Waals surface area contributed by atoms with E-state index in [9.17, 15) is 0 Å². The molecule has 0 spiro atoms. The quantitative estimate of drug-likeness (QED) is 0.815. The molecule has 2 unspecified atom stereocenters. The zero-order chi connectivity index (χ0) is 12.3. The van der Waals surface area contributed by atoms with Crippen LogP contribution in [0.3, 0.4) is 0 Å². The Morgan fingerprint density at radius 2 is 2.06 bits per heavy atom. The number of nitrogens with one attached hydrogen (secondary N) is 1. The topological polar surface area (TPSA) is 21.3 Å². The molecule has 1 aromatic rings. The SMILES string of the molecule is CCOC(C1CC1)C(NC)c1ccccc1C. The zero-order valence-electron chi connectivity index (χ0n) is 11.1.